The maximum absolute atomic E-state index is 10.3. The molecule has 2 rings (SSSR count). The van der Waals surface area contributed by atoms with Crippen molar-refractivity contribution in [3.05, 3.63) is 29.3 Å². The average Bonchev–Trinajstić information content (AvgIpc) is 2.39. The number of benzene rings is 1. The lowest BCUT2D eigenvalue weighted by atomic mass is 9.81. The molecule has 0 aromatic heterocycles. The third-order valence-corrected chi connectivity index (χ3v) is 5.95. The zero-order valence-electron chi connectivity index (χ0n) is 15.1. The Morgan fingerprint density at radius 1 is 0.864 bits per heavy atom. The molecule has 1 saturated carbocycles. The minimum absolute atomic E-state index is 0.143. The van der Waals surface area contributed by atoms with Crippen LogP contribution in [0.25, 0.3) is 0 Å². The first-order valence-corrected chi connectivity index (χ1v) is 9.46. The summed E-state index contributed by atoms with van der Waals surface area (Å²) in [5.74, 6) is 0. The van der Waals surface area contributed by atoms with Gasteiger partial charge in [0.05, 0.1) is 6.10 Å². The molecule has 2 heteroatoms. The molecule has 22 heavy (non-hydrogen) atoms. The maximum Gasteiger partial charge on any atom is 0.0662 e. The minimum atomic E-state index is -0.143. The fraction of sp³-hybridized carbons (Fsp3) is 0.700. The van der Waals surface area contributed by atoms with E-state index < -0.39 is 0 Å². The van der Waals surface area contributed by atoms with E-state index in [1.165, 1.54) is 28.9 Å². The standard InChI is InChI=1S/C20H32OS/c1-19(2,3)14-11-15(20(4,5)6)13-16(12-14)22-18-10-8-7-9-17(18)21/h11-13,17-18,21H,7-10H2,1-6H3/t17-,18-/m1/s1. The third-order valence-electron chi connectivity index (χ3n) is 4.59. The van der Waals surface area contributed by atoms with Gasteiger partial charge in [-0.2, -0.15) is 0 Å². The molecule has 0 saturated heterocycles. The van der Waals surface area contributed by atoms with E-state index in [4.69, 9.17) is 0 Å². The molecular formula is C20H32OS. The van der Waals surface area contributed by atoms with Gasteiger partial charge in [-0.15, -0.1) is 11.8 Å². The van der Waals surface area contributed by atoms with Crippen LogP contribution in [0, 0.1) is 0 Å². The summed E-state index contributed by atoms with van der Waals surface area (Å²) in [4.78, 5) is 1.32. The van der Waals surface area contributed by atoms with Gasteiger partial charge in [0.25, 0.3) is 0 Å². The van der Waals surface area contributed by atoms with Crippen LogP contribution in [0.2, 0.25) is 0 Å². The summed E-state index contributed by atoms with van der Waals surface area (Å²) in [6, 6.07) is 7.03. The van der Waals surface area contributed by atoms with Gasteiger partial charge < -0.3 is 5.11 Å². The van der Waals surface area contributed by atoms with Crippen molar-refractivity contribution in [3.8, 4) is 0 Å². The normalized spacial score (nSPS) is 23.6. The monoisotopic (exact) mass is 320 g/mol. The van der Waals surface area contributed by atoms with Crippen LogP contribution in [0.3, 0.4) is 0 Å². The molecule has 124 valence electrons. The summed E-state index contributed by atoms with van der Waals surface area (Å²) < 4.78 is 0. The Bertz CT molecular complexity index is 475. The first-order chi connectivity index (χ1) is 10.1. The molecule has 0 bridgehead atoms. The van der Waals surface area contributed by atoms with Crippen molar-refractivity contribution in [2.75, 3.05) is 0 Å². The molecule has 1 aromatic rings. The predicted octanol–water partition coefficient (Wildman–Crippen LogP) is 5.68. The van der Waals surface area contributed by atoms with Gasteiger partial charge in [0.15, 0.2) is 0 Å². The van der Waals surface area contributed by atoms with Crippen LogP contribution in [0.5, 0.6) is 0 Å². The molecule has 0 heterocycles. The smallest absolute Gasteiger partial charge is 0.0662 e. The Labute approximate surface area is 140 Å². The highest BCUT2D eigenvalue weighted by Gasteiger charge is 2.26. The van der Waals surface area contributed by atoms with E-state index >= 15 is 0 Å². The molecule has 1 fully saturated rings. The number of hydrogen-bond donors (Lipinski definition) is 1. The summed E-state index contributed by atoms with van der Waals surface area (Å²) in [5, 5.41) is 10.6. The second-order valence-corrected chi connectivity index (χ2v) is 10.1. The van der Waals surface area contributed by atoms with Gasteiger partial charge in [0.1, 0.15) is 0 Å². The second kappa shape index (κ2) is 6.57. The molecule has 0 aliphatic heterocycles. The average molecular weight is 321 g/mol. The van der Waals surface area contributed by atoms with Gasteiger partial charge in [0, 0.05) is 10.1 Å². The zero-order valence-corrected chi connectivity index (χ0v) is 15.9. The molecule has 1 aromatic carbocycles. The van der Waals surface area contributed by atoms with E-state index in [0.29, 0.717) is 5.25 Å². The zero-order chi connectivity index (χ0) is 16.5. The molecule has 1 N–H and O–H groups in total. The van der Waals surface area contributed by atoms with Gasteiger partial charge in [-0.3, -0.25) is 0 Å². The van der Waals surface area contributed by atoms with Gasteiger partial charge in [-0.25, -0.2) is 0 Å². The van der Waals surface area contributed by atoms with Crippen LogP contribution in [0.15, 0.2) is 23.1 Å². The largest absolute Gasteiger partial charge is 0.392 e. The van der Waals surface area contributed by atoms with Crippen molar-refractivity contribution in [2.24, 2.45) is 0 Å². The second-order valence-electron chi connectivity index (χ2n) is 8.75. The topological polar surface area (TPSA) is 20.2 Å². The Kier molecular flexibility index (Phi) is 5.34. The van der Waals surface area contributed by atoms with Crippen molar-refractivity contribution < 1.29 is 5.11 Å². The summed E-state index contributed by atoms with van der Waals surface area (Å²) >= 11 is 1.88. The fourth-order valence-corrected chi connectivity index (χ4v) is 4.24. The predicted molar refractivity (Wildman–Crippen MR) is 98.0 cm³/mol. The van der Waals surface area contributed by atoms with E-state index in [1.807, 2.05) is 11.8 Å². The van der Waals surface area contributed by atoms with Gasteiger partial charge in [-0.1, -0.05) is 60.5 Å². The number of aliphatic hydroxyl groups is 1. The van der Waals surface area contributed by atoms with Crippen molar-refractivity contribution in [1.82, 2.24) is 0 Å². The lowest BCUT2D eigenvalue weighted by Crippen LogP contribution is -2.26. The molecule has 0 radical (unpaired) electrons. The van der Waals surface area contributed by atoms with Gasteiger partial charge in [-0.05, 0) is 46.9 Å². The van der Waals surface area contributed by atoms with Crippen LogP contribution < -0.4 is 0 Å². The highest BCUT2D eigenvalue weighted by atomic mass is 32.2. The number of hydrogen-bond acceptors (Lipinski definition) is 2. The molecule has 0 amide bonds. The van der Waals surface area contributed by atoms with Crippen LogP contribution >= 0.6 is 11.8 Å². The van der Waals surface area contributed by atoms with Crippen LogP contribution in [-0.2, 0) is 10.8 Å². The van der Waals surface area contributed by atoms with Crippen LogP contribution in [-0.4, -0.2) is 16.5 Å². The highest BCUT2D eigenvalue weighted by Crippen LogP contribution is 2.38. The molecule has 2 atom stereocenters. The van der Waals surface area contributed by atoms with Crippen LogP contribution in [0.4, 0.5) is 0 Å². The first-order valence-electron chi connectivity index (χ1n) is 8.58. The van der Waals surface area contributed by atoms with Gasteiger partial charge >= 0.3 is 0 Å². The first kappa shape index (κ1) is 17.9. The molecule has 0 unspecified atom stereocenters. The third kappa shape index (κ3) is 4.52. The van der Waals surface area contributed by atoms with Crippen molar-refractivity contribution in [3.63, 3.8) is 0 Å². The van der Waals surface area contributed by atoms with E-state index in [0.717, 1.165) is 12.8 Å². The summed E-state index contributed by atoms with van der Waals surface area (Å²) in [7, 11) is 0. The number of thioether (sulfide) groups is 1. The SMILES string of the molecule is CC(C)(C)c1cc(S[C@@H]2CCCC[C@H]2O)cc(C(C)(C)C)c1. The van der Waals surface area contributed by atoms with Gasteiger partial charge in [0.2, 0.25) is 0 Å². The summed E-state index contributed by atoms with van der Waals surface area (Å²) in [6.07, 6.45) is 4.38. The van der Waals surface area contributed by atoms with E-state index in [9.17, 15) is 5.11 Å². The quantitative estimate of drug-likeness (QED) is 0.756. The fourth-order valence-electron chi connectivity index (χ4n) is 2.92. The van der Waals surface area contributed by atoms with E-state index in [2.05, 4.69) is 59.7 Å². The van der Waals surface area contributed by atoms with Crippen molar-refractivity contribution in [1.29, 1.82) is 0 Å². The Balaban J connectivity index is 2.33. The Hall–Kier alpha value is -0.470. The van der Waals surface area contributed by atoms with Crippen LogP contribution in [0.1, 0.15) is 78.4 Å². The Morgan fingerprint density at radius 2 is 1.36 bits per heavy atom. The molecular weight excluding hydrogens is 288 g/mol. The van der Waals surface area contributed by atoms with Crippen molar-refractivity contribution >= 4 is 11.8 Å². The van der Waals surface area contributed by atoms with Crippen molar-refractivity contribution in [2.45, 2.75) is 94.3 Å². The highest BCUT2D eigenvalue weighted by molar-refractivity contribution is 8.00. The molecule has 1 nitrogen and oxygen atoms in total. The lowest BCUT2D eigenvalue weighted by molar-refractivity contribution is 0.137. The lowest BCUT2D eigenvalue weighted by Gasteiger charge is -2.29. The molecule has 0 spiro atoms. The number of rotatable bonds is 2. The number of aliphatic hydroxyl groups excluding tert-OH is 1. The molecule has 1 aliphatic rings. The van der Waals surface area contributed by atoms with E-state index in [-0.39, 0.29) is 16.9 Å². The maximum atomic E-state index is 10.3. The minimum Gasteiger partial charge on any atom is -0.392 e. The summed E-state index contributed by atoms with van der Waals surface area (Å²) in [6.45, 7) is 13.7. The van der Waals surface area contributed by atoms with E-state index in [1.54, 1.807) is 0 Å². The molecule has 1 aliphatic carbocycles. The Morgan fingerprint density at radius 3 is 1.82 bits per heavy atom. The summed E-state index contributed by atoms with van der Waals surface area (Å²) in [5.41, 5.74) is 3.10.